The topological polar surface area (TPSA) is 32.3 Å². The maximum atomic E-state index is 6.01. The Labute approximate surface area is 108 Å². The van der Waals surface area contributed by atoms with Gasteiger partial charge in [0.05, 0.1) is 6.04 Å². The average molecular weight is 255 g/mol. The number of hydrogen-bond donors (Lipinski definition) is 0. The summed E-state index contributed by atoms with van der Waals surface area (Å²) in [5, 5.41) is 0.535. The minimum atomic E-state index is 0.236. The molecule has 1 aromatic rings. The highest BCUT2D eigenvalue weighted by Gasteiger charge is 2.24. The monoisotopic (exact) mass is 254 g/mol. The second-order valence-corrected chi connectivity index (χ2v) is 5.19. The van der Waals surface area contributed by atoms with Crippen molar-refractivity contribution in [2.45, 2.75) is 19.4 Å². The van der Waals surface area contributed by atoms with E-state index in [2.05, 4.69) is 33.9 Å². The SMILES string of the molecule is Cc1cc(Cl)nc(C2CN(C)CCCN2C)n1. The Morgan fingerprint density at radius 2 is 2.06 bits per heavy atom. The van der Waals surface area contributed by atoms with Crippen molar-refractivity contribution in [3.05, 3.63) is 22.7 Å². The van der Waals surface area contributed by atoms with E-state index in [1.54, 1.807) is 6.07 Å². The van der Waals surface area contributed by atoms with Crippen molar-refractivity contribution in [3.63, 3.8) is 0 Å². The van der Waals surface area contributed by atoms with E-state index >= 15 is 0 Å². The van der Waals surface area contributed by atoms with Crippen molar-refractivity contribution in [2.24, 2.45) is 0 Å². The van der Waals surface area contributed by atoms with Crippen LogP contribution in [0.15, 0.2) is 6.07 Å². The average Bonchev–Trinajstić information content (AvgIpc) is 2.39. The second-order valence-electron chi connectivity index (χ2n) is 4.80. The summed E-state index contributed by atoms with van der Waals surface area (Å²) < 4.78 is 0. The van der Waals surface area contributed by atoms with Crippen LogP contribution in [0.3, 0.4) is 0 Å². The normalized spacial score (nSPS) is 23.6. The number of hydrogen-bond acceptors (Lipinski definition) is 4. The highest BCUT2D eigenvalue weighted by Crippen LogP contribution is 2.21. The predicted molar refractivity (Wildman–Crippen MR) is 69.3 cm³/mol. The summed E-state index contributed by atoms with van der Waals surface area (Å²) in [5.74, 6) is 0.839. The molecule has 1 fully saturated rings. The molecule has 94 valence electrons. The molecule has 1 aliphatic rings. The molecule has 0 amide bonds. The minimum Gasteiger partial charge on any atom is -0.304 e. The van der Waals surface area contributed by atoms with Crippen LogP contribution in [0.2, 0.25) is 5.15 Å². The Hall–Kier alpha value is -0.710. The second kappa shape index (κ2) is 5.29. The minimum absolute atomic E-state index is 0.236. The third-order valence-electron chi connectivity index (χ3n) is 3.21. The zero-order valence-corrected chi connectivity index (χ0v) is 11.4. The maximum absolute atomic E-state index is 6.01. The van der Waals surface area contributed by atoms with Crippen LogP contribution in [0.4, 0.5) is 0 Å². The molecule has 4 nitrogen and oxygen atoms in total. The molecule has 2 heterocycles. The van der Waals surface area contributed by atoms with E-state index in [4.69, 9.17) is 11.6 Å². The van der Waals surface area contributed by atoms with Crippen LogP contribution in [0.5, 0.6) is 0 Å². The summed E-state index contributed by atoms with van der Waals surface area (Å²) in [6.45, 7) is 5.11. The fraction of sp³-hybridized carbons (Fsp3) is 0.667. The van der Waals surface area contributed by atoms with Gasteiger partial charge in [0, 0.05) is 12.2 Å². The van der Waals surface area contributed by atoms with Gasteiger partial charge in [-0.2, -0.15) is 0 Å². The molecule has 0 radical (unpaired) electrons. The fourth-order valence-electron chi connectivity index (χ4n) is 2.25. The zero-order chi connectivity index (χ0) is 12.4. The molecule has 0 bridgehead atoms. The molecule has 0 aliphatic carbocycles. The summed E-state index contributed by atoms with van der Waals surface area (Å²) in [6.07, 6.45) is 1.18. The first-order chi connectivity index (χ1) is 8.06. The van der Waals surface area contributed by atoms with Crippen LogP contribution in [0.1, 0.15) is 24.0 Å². The van der Waals surface area contributed by atoms with E-state index in [-0.39, 0.29) is 6.04 Å². The highest BCUT2D eigenvalue weighted by molar-refractivity contribution is 6.29. The summed E-state index contributed by atoms with van der Waals surface area (Å²) in [5.41, 5.74) is 0.931. The van der Waals surface area contributed by atoms with Crippen molar-refractivity contribution >= 4 is 11.6 Å². The molecule has 17 heavy (non-hydrogen) atoms. The first-order valence-corrected chi connectivity index (χ1v) is 6.34. The van der Waals surface area contributed by atoms with Gasteiger partial charge in [0.2, 0.25) is 0 Å². The summed E-state index contributed by atoms with van der Waals surface area (Å²) >= 11 is 6.01. The van der Waals surface area contributed by atoms with Crippen LogP contribution in [0.25, 0.3) is 0 Å². The van der Waals surface area contributed by atoms with E-state index in [1.807, 2.05) is 6.92 Å². The molecule has 0 N–H and O–H groups in total. The van der Waals surface area contributed by atoms with Crippen LogP contribution in [-0.2, 0) is 0 Å². The molecule has 0 saturated carbocycles. The van der Waals surface area contributed by atoms with Gasteiger partial charge in [-0.05, 0) is 46.6 Å². The van der Waals surface area contributed by atoms with Crippen molar-refractivity contribution in [1.82, 2.24) is 19.8 Å². The van der Waals surface area contributed by atoms with Crippen LogP contribution in [0, 0.1) is 6.92 Å². The molecular weight excluding hydrogens is 236 g/mol. The van der Waals surface area contributed by atoms with Crippen LogP contribution < -0.4 is 0 Å². The third-order valence-corrected chi connectivity index (χ3v) is 3.40. The molecule has 2 rings (SSSR count). The van der Waals surface area contributed by atoms with Gasteiger partial charge in [0.25, 0.3) is 0 Å². The molecule has 1 aliphatic heterocycles. The molecule has 1 saturated heterocycles. The lowest BCUT2D eigenvalue weighted by atomic mass is 10.2. The Kier molecular flexibility index (Phi) is 3.97. The largest absolute Gasteiger partial charge is 0.304 e. The van der Waals surface area contributed by atoms with Gasteiger partial charge >= 0.3 is 0 Å². The van der Waals surface area contributed by atoms with Gasteiger partial charge in [-0.1, -0.05) is 11.6 Å². The number of aryl methyl sites for hydroxylation is 1. The number of aromatic nitrogens is 2. The van der Waals surface area contributed by atoms with Gasteiger partial charge in [-0.15, -0.1) is 0 Å². The fourth-order valence-corrected chi connectivity index (χ4v) is 2.50. The van der Waals surface area contributed by atoms with E-state index in [9.17, 15) is 0 Å². The Morgan fingerprint density at radius 3 is 2.76 bits per heavy atom. The van der Waals surface area contributed by atoms with Crippen LogP contribution >= 0.6 is 11.6 Å². The number of nitrogens with zero attached hydrogens (tertiary/aromatic N) is 4. The lowest BCUT2D eigenvalue weighted by Gasteiger charge is -2.26. The molecule has 5 heteroatoms. The number of rotatable bonds is 1. The van der Waals surface area contributed by atoms with Crippen LogP contribution in [-0.4, -0.2) is 53.5 Å². The smallest absolute Gasteiger partial charge is 0.148 e. The quantitative estimate of drug-likeness (QED) is 0.715. The van der Waals surface area contributed by atoms with Gasteiger partial charge < -0.3 is 4.90 Å². The number of halogens is 1. The molecular formula is C12H19ClN4. The Morgan fingerprint density at radius 1 is 1.29 bits per heavy atom. The lowest BCUT2D eigenvalue weighted by molar-refractivity contribution is 0.219. The van der Waals surface area contributed by atoms with Gasteiger partial charge in [-0.3, -0.25) is 4.90 Å². The van der Waals surface area contributed by atoms with Crippen molar-refractivity contribution < 1.29 is 0 Å². The first-order valence-electron chi connectivity index (χ1n) is 5.96. The van der Waals surface area contributed by atoms with Gasteiger partial charge in [-0.25, -0.2) is 9.97 Å². The van der Waals surface area contributed by atoms with Crippen molar-refractivity contribution in [3.8, 4) is 0 Å². The molecule has 0 aromatic carbocycles. The summed E-state index contributed by atoms with van der Waals surface area (Å²) in [7, 11) is 4.27. The first kappa shape index (κ1) is 12.7. The zero-order valence-electron chi connectivity index (χ0n) is 10.6. The van der Waals surface area contributed by atoms with Crippen molar-refractivity contribution in [1.29, 1.82) is 0 Å². The van der Waals surface area contributed by atoms with Gasteiger partial charge in [0.15, 0.2) is 0 Å². The summed E-state index contributed by atoms with van der Waals surface area (Å²) in [6, 6.07) is 2.03. The molecule has 1 unspecified atom stereocenters. The predicted octanol–water partition coefficient (Wildman–Crippen LogP) is 1.75. The van der Waals surface area contributed by atoms with E-state index in [1.165, 1.54) is 6.42 Å². The Bertz CT molecular complexity index is 376. The van der Waals surface area contributed by atoms with Gasteiger partial charge in [0.1, 0.15) is 11.0 Å². The highest BCUT2D eigenvalue weighted by atomic mass is 35.5. The molecule has 1 atom stereocenters. The number of likely N-dealkylation sites (N-methyl/N-ethyl adjacent to an activating group) is 2. The standard InChI is InChI=1S/C12H19ClN4/c1-9-7-11(13)15-12(14-9)10-8-16(2)5-4-6-17(10)3/h7,10H,4-6,8H2,1-3H3. The molecule has 1 aromatic heterocycles. The van der Waals surface area contributed by atoms with Crippen molar-refractivity contribution in [2.75, 3.05) is 33.7 Å². The maximum Gasteiger partial charge on any atom is 0.148 e. The third kappa shape index (κ3) is 3.15. The Balaban J connectivity index is 2.28. The summed E-state index contributed by atoms with van der Waals surface area (Å²) in [4.78, 5) is 13.5. The van der Waals surface area contributed by atoms with E-state index in [0.717, 1.165) is 31.2 Å². The van der Waals surface area contributed by atoms with E-state index < -0.39 is 0 Å². The molecule has 0 spiro atoms. The van der Waals surface area contributed by atoms with E-state index in [0.29, 0.717) is 5.15 Å². The lowest BCUT2D eigenvalue weighted by Crippen LogP contribution is -2.32.